The van der Waals surface area contributed by atoms with Crippen LogP contribution in [0.15, 0.2) is 0 Å². The van der Waals surface area contributed by atoms with Crippen molar-refractivity contribution in [3.05, 3.63) is 0 Å². The highest BCUT2D eigenvalue weighted by atomic mass is 16.8. The summed E-state index contributed by atoms with van der Waals surface area (Å²) in [5, 5.41) is 103. The quantitative estimate of drug-likeness (QED) is 0.0590. The Labute approximate surface area is 282 Å². The number of aliphatic hydroxyl groups is 10. The van der Waals surface area contributed by atoms with E-state index in [0.717, 1.165) is 25.7 Å². The summed E-state index contributed by atoms with van der Waals surface area (Å²) in [6, 6.07) is 0. The molecular weight excluding hydrogens is 640 g/mol. The highest BCUT2D eigenvalue weighted by molar-refractivity contribution is 4.96. The third kappa shape index (κ3) is 11.4. The maximum atomic E-state index is 10.9. The summed E-state index contributed by atoms with van der Waals surface area (Å²) in [4.78, 5) is 0. The van der Waals surface area contributed by atoms with E-state index >= 15 is 0 Å². The van der Waals surface area contributed by atoms with Crippen LogP contribution >= 0.6 is 0 Å². The summed E-state index contributed by atoms with van der Waals surface area (Å²) in [7, 11) is 0. The second kappa shape index (κ2) is 21.7. The van der Waals surface area contributed by atoms with E-state index in [1.165, 1.54) is 51.4 Å². The lowest BCUT2D eigenvalue weighted by Crippen LogP contribution is -2.66. The van der Waals surface area contributed by atoms with Gasteiger partial charge in [0.25, 0.3) is 0 Å². The number of hydrogen-bond acceptors (Lipinski definition) is 16. The summed E-state index contributed by atoms with van der Waals surface area (Å²) < 4.78 is 33.5. The van der Waals surface area contributed by atoms with Crippen molar-refractivity contribution < 1.29 is 79.5 Å². The Bertz CT molecular complexity index is 851. The highest BCUT2D eigenvalue weighted by Crippen LogP contribution is 2.32. The molecule has 284 valence electrons. The van der Waals surface area contributed by atoms with Gasteiger partial charge in [-0.15, -0.1) is 0 Å². The molecule has 3 fully saturated rings. The molecule has 16 nitrogen and oxygen atoms in total. The van der Waals surface area contributed by atoms with Gasteiger partial charge in [0, 0.05) is 6.61 Å². The van der Waals surface area contributed by atoms with E-state index < -0.39 is 112 Å². The van der Waals surface area contributed by atoms with Crippen LogP contribution in [0.3, 0.4) is 0 Å². The standard InChI is InChI=1S/C32H60O16/c1-2-3-4-5-6-7-8-9-10-11-12-13-14-43-30-26(41)23(38)28(19(16-34)45-30)48-32-27(42)24(39)29(20(17-35)46-32)47-31-25(40)22(37)21(36)18(15-33)44-31/h18-42H,2-17H2,1H3/t18-,19+,20-,21-,22+,23+,24-,25-,26+,27-,28+,29-,30?,31?,32?/m1/s1. The average molecular weight is 701 g/mol. The first kappa shape index (κ1) is 41.8. The average Bonchev–Trinajstić information content (AvgIpc) is 3.09. The first-order valence-corrected chi connectivity index (χ1v) is 17.6. The van der Waals surface area contributed by atoms with Gasteiger partial charge in [0.15, 0.2) is 18.9 Å². The third-order valence-electron chi connectivity index (χ3n) is 9.35. The second-order valence-corrected chi connectivity index (χ2v) is 13.1. The minimum Gasteiger partial charge on any atom is -0.394 e. The summed E-state index contributed by atoms with van der Waals surface area (Å²) in [5.41, 5.74) is 0. The Morgan fingerprint density at radius 3 is 1.25 bits per heavy atom. The highest BCUT2D eigenvalue weighted by Gasteiger charge is 2.53. The molecule has 0 bridgehead atoms. The normalized spacial score (nSPS) is 40.7. The molecule has 0 aromatic heterocycles. The minimum absolute atomic E-state index is 0.264. The second-order valence-electron chi connectivity index (χ2n) is 13.1. The molecule has 16 heteroatoms. The van der Waals surface area contributed by atoms with Crippen LogP contribution in [0.1, 0.15) is 84.0 Å². The Kier molecular flexibility index (Phi) is 18.9. The molecule has 0 aromatic carbocycles. The Morgan fingerprint density at radius 1 is 0.417 bits per heavy atom. The predicted octanol–water partition coefficient (Wildman–Crippen LogP) is -1.85. The Morgan fingerprint density at radius 2 is 0.792 bits per heavy atom. The lowest BCUT2D eigenvalue weighted by atomic mass is 9.96. The molecule has 0 amide bonds. The summed E-state index contributed by atoms with van der Waals surface area (Å²) in [6.45, 7) is 0.293. The lowest BCUT2D eigenvalue weighted by Gasteiger charge is -2.48. The van der Waals surface area contributed by atoms with E-state index in [-0.39, 0.29) is 6.61 Å². The lowest BCUT2D eigenvalue weighted by molar-refractivity contribution is -0.379. The molecule has 0 radical (unpaired) electrons. The third-order valence-corrected chi connectivity index (χ3v) is 9.35. The zero-order valence-electron chi connectivity index (χ0n) is 27.9. The van der Waals surface area contributed by atoms with Gasteiger partial charge in [-0.2, -0.15) is 0 Å². The molecule has 3 unspecified atom stereocenters. The van der Waals surface area contributed by atoms with Crippen molar-refractivity contribution in [3.8, 4) is 0 Å². The van der Waals surface area contributed by atoms with E-state index in [0.29, 0.717) is 0 Å². The van der Waals surface area contributed by atoms with Crippen LogP contribution in [0.4, 0.5) is 0 Å². The number of ether oxygens (including phenoxy) is 6. The van der Waals surface area contributed by atoms with Crippen molar-refractivity contribution in [2.75, 3.05) is 26.4 Å². The zero-order valence-corrected chi connectivity index (χ0v) is 27.9. The van der Waals surface area contributed by atoms with Crippen molar-refractivity contribution in [1.29, 1.82) is 0 Å². The molecule has 0 aliphatic carbocycles. The fraction of sp³-hybridized carbons (Fsp3) is 1.00. The monoisotopic (exact) mass is 700 g/mol. The smallest absolute Gasteiger partial charge is 0.187 e. The SMILES string of the molecule is CCCCCCCCCCCCCCOC1O[C@@H](CO)[C@H](OC2O[C@H](CO)[C@@H](OC3O[C@H](CO)[C@@H](O)[C@H](O)[C@H]3O)[C@H](O)[C@H]2O)[C@@H](O)[C@@H]1O. The molecule has 3 saturated heterocycles. The Hall–Kier alpha value is -0.640. The van der Waals surface area contributed by atoms with E-state index in [4.69, 9.17) is 28.4 Å². The molecular formula is C32H60O16. The van der Waals surface area contributed by atoms with Crippen LogP contribution in [0.5, 0.6) is 0 Å². The maximum absolute atomic E-state index is 10.9. The molecule has 0 spiro atoms. The molecule has 3 heterocycles. The van der Waals surface area contributed by atoms with Crippen molar-refractivity contribution >= 4 is 0 Å². The van der Waals surface area contributed by atoms with Crippen LogP contribution in [0, 0.1) is 0 Å². The molecule has 3 aliphatic heterocycles. The molecule has 48 heavy (non-hydrogen) atoms. The number of rotatable bonds is 21. The van der Waals surface area contributed by atoms with Crippen LogP contribution in [-0.4, -0.2) is 170 Å². The summed E-state index contributed by atoms with van der Waals surface area (Å²) in [5.74, 6) is 0. The van der Waals surface area contributed by atoms with Gasteiger partial charge in [-0.1, -0.05) is 77.6 Å². The van der Waals surface area contributed by atoms with Crippen LogP contribution in [0.25, 0.3) is 0 Å². The fourth-order valence-electron chi connectivity index (χ4n) is 6.32. The van der Waals surface area contributed by atoms with Gasteiger partial charge >= 0.3 is 0 Å². The van der Waals surface area contributed by atoms with Crippen molar-refractivity contribution in [1.82, 2.24) is 0 Å². The molecule has 0 saturated carbocycles. The Balaban J connectivity index is 1.45. The van der Waals surface area contributed by atoms with Gasteiger partial charge in [0.1, 0.15) is 73.2 Å². The molecule has 3 aliphatic rings. The van der Waals surface area contributed by atoms with Gasteiger partial charge < -0.3 is 79.5 Å². The fourth-order valence-corrected chi connectivity index (χ4v) is 6.32. The first-order valence-electron chi connectivity index (χ1n) is 17.6. The largest absolute Gasteiger partial charge is 0.394 e. The zero-order chi connectivity index (χ0) is 35.2. The van der Waals surface area contributed by atoms with Gasteiger partial charge in [-0.05, 0) is 6.42 Å². The van der Waals surface area contributed by atoms with Gasteiger partial charge in [0.05, 0.1) is 19.8 Å². The summed E-state index contributed by atoms with van der Waals surface area (Å²) in [6.07, 6.45) is -9.78. The van der Waals surface area contributed by atoms with Gasteiger partial charge in [-0.3, -0.25) is 0 Å². The van der Waals surface area contributed by atoms with E-state index in [2.05, 4.69) is 6.92 Å². The number of aliphatic hydroxyl groups excluding tert-OH is 10. The molecule has 0 aromatic rings. The van der Waals surface area contributed by atoms with Crippen molar-refractivity contribution in [2.45, 2.75) is 176 Å². The van der Waals surface area contributed by atoms with Crippen LogP contribution in [-0.2, 0) is 28.4 Å². The molecule has 10 N–H and O–H groups in total. The van der Waals surface area contributed by atoms with Gasteiger partial charge in [0.2, 0.25) is 0 Å². The molecule has 15 atom stereocenters. The molecule has 3 rings (SSSR count). The maximum Gasteiger partial charge on any atom is 0.187 e. The first-order chi connectivity index (χ1) is 23.1. The van der Waals surface area contributed by atoms with Crippen molar-refractivity contribution in [2.24, 2.45) is 0 Å². The number of hydrogen-bond donors (Lipinski definition) is 10. The van der Waals surface area contributed by atoms with E-state index in [1.807, 2.05) is 0 Å². The van der Waals surface area contributed by atoms with E-state index in [1.54, 1.807) is 0 Å². The van der Waals surface area contributed by atoms with Crippen LogP contribution < -0.4 is 0 Å². The van der Waals surface area contributed by atoms with Crippen LogP contribution in [0.2, 0.25) is 0 Å². The number of unbranched alkanes of at least 4 members (excludes halogenated alkanes) is 11. The summed E-state index contributed by atoms with van der Waals surface area (Å²) >= 11 is 0. The van der Waals surface area contributed by atoms with Crippen molar-refractivity contribution in [3.63, 3.8) is 0 Å². The van der Waals surface area contributed by atoms with Gasteiger partial charge in [-0.25, -0.2) is 0 Å². The predicted molar refractivity (Wildman–Crippen MR) is 166 cm³/mol. The topological polar surface area (TPSA) is 258 Å². The minimum atomic E-state index is -1.88. The van der Waals surface area contributed by atoms with E-state index in [9.17, 15) is 51.1 Å².